The summed E-state index contributed by atoms with van der Waals surface area (Å²) in [4.78, 5) is 9.40. The minimum absolute atomic E-state index is 0.0493. The molecule has 2 aliphatic carbocycles. The van der Waals surface area contributed by atoms with Crippen molar-refractivity contribution in [3.63, 3.8) is 0 Å². The fraction of sp³-hybridized carbons (Fsp3) is 0.407. The van der Waals surface area contributed by atoms with Crippen molar-refractivity contribution in [1.29, 1.82) is 0 Å². The van der Waals surface area contributed by atoms with E-state index in [4.69, 9.17) is 4.98 Å². The van der Waals surface area contributed by atoms with Gasteiger partial charge >= 0.3 is 0 Å². The summed E-state index contributed by atoms with van der Waals surface area (Å²) in [7, 11) is 0. The van der Waals surface area contributed by atoms with E-state index in [1.165, 1.54) is 18.2 Å². The van der Waals surface area contributed by atoms with Gasteiger partial charge in [-0.1, -0.05) is 32.1 Å². The summed E-state index contributed by atoms with van der Waals surface area (Å²) >= 11 is 0. The molecule has 1 aromatic carbocycles. The van der Waals surface area contributed by atoms with Gasteiger partial charge in [0.2, 0.25) is 0 Å². The zero-order valence-corrected chi connectivity index (χ0v) is 20.9. The molecule has 0 spiro atoms. The molecule has 2 bridgehead atoms. The van der Waals surface area contributed by atoms with E-state index in [2.05, 4.69) is 39.3 Å². The molecule has 0 unspecified atom stereocenters. The maximum atomic E-state index is 14.5. The van der Waals surface area contributed by atoms with E-state index < -0.39 is 17.0 Å². The number of aliphatic hydroxyl groups excluding tert-OH is 1. The van der Waals surface area contributed by atoms with Crippen molar-refractivity contribution in [3.8, 4) is 22.8 Å². The highest BCUT2D eigenvalue weighted by atomic mass is 19.1. The number of benzene rings is 1. The van der Waals surface area contributed by atoms with Gasteiger partial charge in [0, 0.05) is 19.3 Å². The molecule has 0 amide bonds. The second kappa shape index (κ2) is 8.44. The second-order valence-corrected chi connectivity index (χ2v) is 10.7. The normalized spacial score (nSPS) is 22.3. The Kier molecular flexibility index (Phi) is 5.41. The molecule has 8 nitrogen and oxygen atoms in total. The SMILES string of the molecule is C[C@H](CO)Cn1cc(-c2nccc([C@@]34CC[C@@H](c5cc(-c6c(F)cccc6F)nnc53)C4(C)C)n2)nn1. The molecule has 190 valence electrons. The van der Waals surface area contributed by atoms with Gasteiger partial charge in [-0.25, -0.2) is 18.7 Å². The molecular weight excluding hydrogens is 476 g/mol. The molecule has 3 atom stereocenters. The van der Waals surface area contributed by atoms with E-state index in [9.17, 15) is 13.9 Å². The predicted octanol–water partition coefficient (Wildman–Crippen LogP) is 4.30. The smallest absolute Gasteiger partial charge is 0.181 e. The molecule has 0 aliphatic heterocycles. The monoisotopic (exact) mass is 503 g/mol. The number of hydrogen-bond acceptors (Lipinski definition) is 7. The van der Waals surface area contributed by atoms with Crippen molar-refractivity contribution in [1.82, 2.24) is 35.2 Å². The Bertz CT molecular complexity index is 1480. The van der Waals surface area contributed by atoms with Gasteiger partial charge < -0.3 is 5.11 Å². The van der Waals surface area contributed by atoms with Crippen LogP contribution in [0.15, 0.2) is 42.7 Å². The predicted molar refractivity (Wildman–Crippen MR) is 131 cm³/mol. The van der Waals surface area contributed by atoms with Crippen LogP contribution in [0.4, 0.5) is 8.78 Å². The van der Waals surface area contributed by atoms with Crippen LogP contribution in [-0.2, 0) is 12.0 Å². The van der Waals surface area contributed by atoms with Crippen LogP contribution in [0.2, 0.25) is 0 Å². The summed E-state index contributed by atoms with van der Waals surface area (Å²) in [5.74, 6) is -0.666. The van der Waals surface area contributed by atoms with Crippen molar-refractivity contribution in [2.24, 2.45) is 11.3 Å². The minimum Gasteiger partial charge on any atom is -0.396 e. The fourth-order valence-corrected chi connectivity index (χ4v) is 6.34. The third-order valence-electron chi connectivity index (χ3n) is 8.27. The summed E-state index contributed by atoms with van der Waals surface area (Å²) in [5, 5.41) is 26.6. The number of aromatic nitrogens is 7. The molecule has 1 saturated carbocycles. The van der Waals surface area contributed by atoms with Gasteiger partial charge in [0.1, 0.15) is 17.3 Å². The zero-order valence-electron chi connectivity index (χ0n) is 20.9. The summed E-state index contributed by atoms with van der Waals surface area (Å²) in [5.41, 5.74) is 2.40. The molecule has 0 radical (unpaired) electrons. The van der Waals surface area contributed by atoms with Crippen LogP contribution < -0.4 is 0 Å². The van der Waals surface area contributed by atoms with E-state index in [1.807, 2.05) is 13.0 Å². The summed E-state index contributed by atoms with van der Waals surface area (Å²) < 4.78 is 30.7. The Hall–Kier alpha value is -3.66. The zero-order chi connectivity index (χ0) is 25.9. The second-order valence-electron chi connectivity index (χ2n) is 10.7. The lowest BCUT2D eigenvalue weighted by Gasteiger charge is -2.37. The average Bonchev–Trinajstić information content (AvgIpc) is 3.51. The molecule has 1 N–H and O–H groups in total. The van der Waals surface area contributed by atoms with E-state index in [0.29, 0.717) is 18.1 Å². The molecule has 10 heteroatoms. The van der Waals surface area contributed by atoms with Crippen molar-refractivity contribution >= 4 is 0 Å². The molecule has 4 aromatic rings. The van der Waals surface area contributed by atoms with Crippen LogP contribution in [0.5, 0.6) is 0 Å². The average molecular weight is 504 g/mol. The van der Waals surface area contributed by atoms with Crippen molar-refractivity contribution < 1.29 is 13.9 Å². The Balaban J connectivity index is 1.43. The fourth-order valence-electron chi connectivity index (χ4n) is 6.34. The summed E-state index contributed by atoms with van der Waals surface area (Å²) in [6, 6.07) is 7.51. The third kappa shape index (κ3) is 3.42. The van der Waals surface area contributed by atoms with Crippen LogP contribution in [0, 0.1) is 23.0 Å². The lowest BCUT2D eigenvalue weighted by molar-refractivity contribution is 0.218. The number of nitrogens with zero attached hydrogens (tertiary/aromatic N) is 7. The van der Waals surface area contributed by atoms with E-state index in [-0.39, 0.29) is 35.1 Å². The van der Waals surface area contributed by atoms with Gasteiger partial charge in [0.15, 0.2) is 5.82 Å². The largest absolute Gasteiger partial charge is 0.396 e. The highest BCUT2D eigenvalue weighted by Gasteiger charge is 2.65. The number of hydrogen-bond donors (Lipinski definition) is 1. The highest BCUT2D eigenvalue weighted by molar-refractivity contribution is 5.64. The van der Waals surface area contributed by atoms with Gasteiger partial charge in [-0.2, -0.15) is 5.10 Å². The van der Waals surface area contributed by atoms with E-state index in [0.717, 1.165) is 29.8 Å². The first-order valence-electron chi connectivity index (χ1n) is 12.4. The van der Waals surface area contributed by atoms with Crippen molar-refractivity contribution in [2.75, 3.05) is 6.61 Å². The number of halogens is 2. The standard InChI is InChI=1S/C27H27F2N7O/c1-15(14-37)12-36-13-21(33-35-36)25-30-10-8-22(31-25)27-9-7-17(26(27,2)3)16-11-20(32-34-24(16)27)23-18(28)5-4-6-19(23)29/h4-6,8,10-11,13,15,17,37H,7,9,12,14H2,1-3H3/t15-,17-,27-/m0/s1. The third-order valence-corrected chi connectivity index (χ3v) is 8.27. The Morgan fingerprint density at radius 1 is 1.11 bits per heavy atom. The summed E-state index contributed by atoms with van der Waals surface area (Å²) in [6.45, 7) is 6.93. The van der Waals surface area contributed by atoms with Crippen LogP contribution in [0.3, 0.4) is 0 Å². The molecule has 2 aliphatic rings. The maximum Gasteiger partial charge on any atom is 0.181 e. The first-order chi connectivity index (χ1) is 17.8. The first-order valence-corrected chi connectivity index (χ1v) is 12.4. The van der Waals surface area contributed by atoms with Crippen LogP contribution in [0.25, 0.3) is 22.8 Å². The Labute approximate surface area is 212 Å². The number of fused-ring (bicyclic) bond motifs is 5. The minimum atomic E-state index is -0.659. The molecule has 3 aromatic heterocycles. The Morgan fingerprint density at radius 3 is 2.65 bits per heavy atom. The van der Waals surface area contributed by atoms with E-state index >= 15 is 0 Å². The van der Waals surface area contributed by atoms with Crippen LogP contribution in [0.1, 0.15) is 56.5 Å². The van der Waals surface area contributed by atoms with Gasteiger partial charge in [0.25, 0.3) is 0 Å². The van der Waals surface area contributed by atoms with E-state index in [1.54, 1.807) is 23.1 Å². The molecular formula is C27H27F2N7O. The lowest BCUT2D eigenvalue weighted by Crippen LogP contribution is -2.38. The topological polar surface area (TPSA) is 102 Å². The molecule has 6 rings (SSSR count). The van der Waals surface area contributed by atoms with Gasteiger partial charge in [-0.15, -0.1) is 10.2 Å². The first kappa shape index (κ1) is 23.7. The van der Waals surface area contributed by atoms with Gasteiger partial charge in [-0.3, -0.25) is 4.68 Å². The van der Waals surface area contributed by atoms with Crippen molar-refractivity contribution in [2.45, 2.75) is 51.5 Å². The highest BCUT2D eigenvalue weighted by Crippen LogP contribution is 2.69. The van der Waals surface area contributed by atoms with Gasteiger partial charge in [-0.05, 0) is 59.9 Å². The van der Waals surface area contributed by atoms with Gasteiger partial charge in [0.05, 0.1) is 34.3 Å². The molecule has 3 heterocycles. The molecule has 37 heavy (non-hydrogen) atoms. The number of aliphatic hydroxyl groups is 1. The Morgan fingerprint density at radius 2 is 1.89 bits per heavy atom. The molecule has 0 saturated heterocycles. The number of rotatable bonds is 6. The lowest BCUT2D eigenvalue weighted by atomic mass is 9.66. The maximum absolute atomic E-state index is 14.5. The van der Waals surface area contributed by atoms with Crippen LogP contribution >= 0.6 is 0 Å². The van der Waals surface area contributed by atoms with Crippen LogP contribution in [-0.4, -0.2) is 46.9 Å². The quantitative estimate of drug-likeness (QED) is 0.418. The summed E-state index contributed by atoms with van der Waals surface area (Å²) in [6.07, 6.45) is 5.24. The molecule has 1 fully saturated rings. The van der Waals surface area contributed by atoms with Crippen molar-refractivity contribution in [3.05, 3.63) is 71.3 Å².